The van der Waals surface area contributed by atoms with Crippen LogP contribution in [0.3, 0.4) is 0 Å². The van der Waals surface area contributed by atoms with E-state index in [2.05, 4.69) is 6.92 Å². The molecule has 1 aromatic carbocycles. The normalized spacial score (nSPS) is 11.2. The first kappa shape index (κ1) is 22.7. The molecule has 0 unspecified atom stereocenters. The van der Waals surface area contributed by atoms with Crippen molar-refractivity contribution in [3.05, 3.63) is 29.8 Å². The number of hydrogen-bond donors (Lipinski definition) is 1. The van der Waals surface area contributed by atoms with E-state index in [-0.39, 0.29) is 25.2 Å². The van der Waals surface area contributed by atoms with E-state index in [4.69, 9.17) is 4.55 Å². The second kappa shape index (κ2) is 13.1. The molecule has 1 aromatic rings. The van der Waals surface area contributed by atoms with E-state index in [0.29, 0.717) is 0 Å². The molecule has 0 atom stereocenters. The minimum atomic E-state index is -4.06. The third-order valence-corrected chi connectivity index (χ3v) is 4.91. The average Bonchev–Trinajstić information content (AvgIpc) is 2.49. The minimum absolute atomic E-state index is 0. The molecule has 5 heteroatoms. The number of unbranched alkanes of at least 4 members (excludes halogenated alkanes) is 9. The van der Waals surface area contributed by atoms with Gasteiger partial charge in [0, 0.05) is 0 Å². The van der Waals surface area contributed by atoms with Gasteiger partial charge in [-0.3, -0.25) is 4.55 Å². The summed E-state index contributed by atoms with van der Waals surface area (Å²) in [5.41, 5.74) is 1.13. The van der Waals surface area contributed by atoms with Crippen LogP contribution in [-0.4, -0.2) is 13.0 Å². The van der Waals surface area contributed by atoms with Gasteiger partial charge in [0.25, 0.3) is 10.1 Å². The van der Waals surface area contributed by atoms with Gasteiger partial charge in [0.05, 0.1) is 4.90 Å². The Labute approximate surface area is 155 Å². The Bertz CT molecular complexity index is 504. The van der Waals surface area contributed by atoms with Gasteiger partial charge < -0.3 is 1.43 Å². The minimum Gasteiger partial charge on any atom is -1.00 e. The van der Waals surface area contributed by atoms with Gasteiger partial charge in [0.15, 0.2) is 0 Å². The van der Waals surface area contributed by atoms with Gasteiger partial charge in [-0.25, -0.2) is 0 Å². The molecule has 0 aromatic heterocycles. The Morgan fingerprint density at radius 1 is 0.826 bits per heavy atom. The molecule has 3 nitrogen and oxygen atoms in total. The molecule has 0 saturated heterocycles. The van der Waals surface area contributed by atoms with Crippen molar-refractivity contribution in [2.75, 3.05) is 0 Å². The van der Waals surface area contributed by atoms with E-state index < -0.39 is 10.1 Å². The Morgan fingerprint density at radius 3 is 1.70 bits per heavy atom. The molecule has 1 N–H and O–H groups in total. The van der Waals surface area contributed by atoms with Crippen molar-refractivity contribution in [2.24, 2.45) is 0 Å². The summed E-state index contributed by atoms with van der Waals surface area (Å²) < 4.78 is 30.8. The SMILES string of the molecule is CCCCCCCCCCCCc1ccc(S(=O)(=O)O)cc1.[H-].[Li+]. The molecule has 0 aliphatic heterocycles. The predicted octanol–water partition coefficient (Wildman–Crippen LogP) is 2.51. The zero-order valence-corrected chi connectivity index (χ0v) is 15.6. The van der Waals surface area contributed by atoms with Crippen LogP contribution in [0.15, 0.2) is 29.2 Å². The van der Waals surface area contributed by atoms with Crippen molar-refractivity contribution in [1.82, 2.24) is 0 Å². The molecule has 0 aliphatic carbocycles. The van der Waals surface area contributed by atoms with Crippen LogP contribution in [0.1, 0.15) is 78.1 Å². The topological polar surface area (TPSA) is 54.4 Å². The molecule has 23 heavy (non-hydrogen) atoms. The van der Waals surface area contributed by atoms with Crippen molar-refractivity contribution in [2.45, 2.75) is 82.4 Å². The van der Waals surface area contributed by atoms with Crippen LogP contribution >= 0.6 is 0 Å². The molecule has 0 radical (unpaired) electrons. The number of aryl methyl sites for hydroxylation is 1. The summed E-state index contributed by atoms with van der Waals surface area (Å²) in [6.07, 6.45) is 14.1. The molecule has 1 rings (SSSR count). The maximum Gasteiger partial charge on any atom is 1.00 e. The van der Waals surface area contributed by atoms with Crippen LogP contribution < -0.4 is 18.9 Å². The average molecular weight is 334 g/mol. The first-order valence-electron chi connectivity index (χ1n) is 8.60. The van der Waals surface area contributed by atoms with Crippen LogP contribution in [0, 0.1) is 0 Å². The molecule has 0 bridgehead atoms. The zero-order chi connectivity index (χ0) is 16.3. The van der Waals surface area contributed by atoms with Gasteiger partial charge in [-0.1, -0.05) is 76.8 Å². The summed E-state index contributed by atoms with van der Waals surface area (Å²) >= 11 is 0. The van der Waals surface area contributed by atoms with Gasteiger partial charge >= 0.3 is 18.9 Å². The fourth-order valence-corrected chi connectivity index (χ4v) is 3.12. The zero-order valence-electron chi connectivity index (χ0n) is 15.8. The van der Waals surface area contributed by atoms with Gasteiger partial charge in [0.2, 0.25) is 0 Å². The second-order valence-electron chi connectivity index (χ2n) is 6.05. The molecule has 0 amide bonds. The van der Waals surface area contributed by atoms with Gasteiger partial charge in [-0.15, -0.1) is 0 Å². The van der Waals surface area contributed by atoms with Crippen molar-refractivity contribution in [3.63, 3.8) is 0 Å². The van der Waals surface area contributed by atoms with Crippen LogP contribution in [-0.2, 0) is 16.5 Å². The van der Waals surface area contributed by atoms with Crippen molar-refractivity contribution in [1.29, 1.82) is 0 Å². The van der Waals surface area contributed by atoms with Gasteiger partial charge in [-0.2, -0.15) is 8.42 Å². The Kier molecular flexibility index (Phi) is 12.9. The Morgan fingerprint density at radius 2 is 1.26 bits per heavy atom. The van der Waals surface area contributed by atoms with E-state index >= 15 is 0 Å². The molecule has 0 heterocycles. The maximum atomic E-state index is 10.9. The molecule has 0 fully saturated rings. The quantitative estimate of drug-likeness (QED) is 0.363. The van der Waals surface area contributed by atoms with Crippen LogP contribution in [0.5, 0.6) is 0 Å². The largest absolute Gasteiger partial charge is 1.00 e. The van der Waals surface area contributed by atoms with E-state index in [1.807, 2.05) is 0 Å². The third kappa shape index (κ3) is 11.0. The van der Waals surface area contributed by atoms with Crippen molar-refractivity contribution in [3.8, 4) is 0 Å². The maximum absolute atomic E-state index is 10.9. The van der Waals surface area contributed by atoms with E-state index in [9.17, 15) is 8.42 Å². The second-order valence-corrected chi connectivity index (χ2v) is 7.47. The Balaban J connectivity index is 0. The summed E-state index contributed by atoms with van der Waals surface area (Å²) in [5, 5.41) is 0. The first-order chi connectivity index (χ1) is 10.5. The van der Waals surface area contributed by atoms with Crippen LogP contribution in [0.4, 0.5) is 0 Å². The predicted molar refractivity (Wildman–Crippen MR) is 92.9 cm³/mol. The van der Waals surface area contributed by atoms with Crippen LogP contribution in [0.2, 0.25) is 0 Å². The smallest absolute Gasteiger partial charge is 1.00 e. The number of rotatable bonds is 12. The summed E-state index contributed by atoms with van der Waals surface area (Å²) in [5.74, 6) is 0. The monoisotopic (exact) mass is 334 g/mol. The van der Waals surface area contributed by atoms with Gasteiger partial charge in [-0.05, 0) is 30.5 Å². The van der Waals surface area contributed by atoms with E-state index in [1.54, 1.807) is 12.1 Å². The van der Waals surface area contributed by atoms with Crippen LogP contribution in [0.25, 0.3) is 0 Å². The molecule has 0 spiro atoms. The van der Waals surface area contributed by atoms with Crippen molar-refractivity contribution >= 4 is 10.1 Å². The fraction of sp³-hybridized carbons (Fsp3) is 0.667. The van der Waals surface area contributed by atoms with Gasteiger partial charge in [0.1, 0.15) is 0 Å². The fourth-order valence-electron chi connectivity index (χ4n) is 2.64. The Hall–Kier alpha value is -0.273. The molecular weight excluding hydrogens is 303 g/mol. The molecular formula is C18H31LiO3S. The molecule has 128 valence electrons. The van der Waals surface area contributed by atoms with E-state index in [1.165, 1.54) is 69.9 Å². The first-order valence-corrected chi connectivity index (χ1v) is 10.0. The number of hydrogen-bond acceptors (Lipinski definition) is 2. The molecule has 0 aliphatic rings. The summed E-state index contributed by atoms with van der Waals surface area (Å²) in [6, 6.07) is 6.52. The molecule has 0 saturated carbocycles. The summed E-state index contributed by atoms with van der Waals surface area (Å²) in [6.45, 7) is 2.25. The standard InChI is InChI=1S/C18H30O3S.Li.H/c1-2-3-4-5-6-7-8-9-10-11-12-17-13-15-18(16-14-17)22(19,20)21;;/h13-16H,2-12H2,1H3,(H,19,20,21);;/q;+1;-1. The van der Waals surface area contributed by atoms with E-state index in [0.717, 1.165) is 18.4 Å². The van der Waals surface area contributed by atoms with Crippen molar-refractivity contribution < 1.29 is 33.3 Å². The third-order valence-electron chi connectivity index (χ3n) is 4.04. The summed E-state index contributed by atoms with van der Waals surface area (Å²) in [7, 11) is -4.06. The number of benzene rings is 1. The summed E-state index contributed by atoms with van der Waals surface area (Å²) in [4.78, 5) is -0.0284.